The van der Waals surface area contributed by atoms with Crippen molar-refractivity contribution in [1.29, 1.82) is 0 Å². The van der Waals surface area contributed by atoms with Crippen LogP contribution >= 0.6 is 0 Å². The molecule has 0 aliphatic heterocycles. The van der Waals surface area contributed by atoms with E-state index >= 15 is 0 Å². The van der Waals surface area contributed by atoms with E-state index in [-0.39, 0.29) is 17.9 Å². The zero-order valence-electron chi connectivity index (χ0n) is 17.0. The van der Waals surface area contributed by atoms with Crippen LogP contribution in [0.3, 0.4) is 0 Å². The van der Waals surface area contributed by atoms with Gasteiger partial charge in [0.25, 0.3) is 5.91 Å². The summed E-state index contributed by atoms with van der Waals surface area (Å²) in [6.45, 7) is 5.45. The fourth-order valence-electron chi connectivity index (χ4n) is 3.69. The number of fused-ring (bicyclic) bond motifs is 2. The molecule has 1 amide bonds. The lowest BCUT2D eigenvalue weighted by Gasteiger charge is -2.20. The van der Waals surface area contributed by atoms with Crippen molar-refractivity contribution < 1.29 is 9.53 Å². The number of para-hydroxylation sites is 3. The van der Waals surface area contributed by atoms with Gasteiger partial charge >= 0.3 is 0 Å². The lowest BCUT2D eigenvalue weighted by Crippen LogP contribution is -2.32. The summed E-state index contributed by atoms with van der Waals surface area (Å²) in [6, 6.07) is 15.6. The Morgan fingerprint density at radius 2 is 1.93 bits per heavy atom. The molecule has 6 nitrogen and oxygen atoms in total. The maximum atomic E-state index is 13.3. The third-order valence-corrected chi connectivity index (χ3v) is 5.23. The van der Waals surface area contributed by atoms with Gasteiger partial charge in [0.15, 0.2) is 0 Å². The number of ether oxygens (including phenoxy) is 1. The molecule has 0 spiro atoms. The second kappa shape index (κ2) is 8.09. The normalized spacial score (nSPS) is 12.7. The molecule has 6 heteroatoms. The number of amides is 1. The van der Waals surface area contributed by atoms with Crippen LogP contribution in [0.15, 0.2) is 54.7 Å². The van der Waals surface area contributed by atoms with Crippen LogP contribution in [0.2, 0.25) is 0 Å². The number of hydrogen-bond acceptors (Lipinski definition) is 3. The van der Waals surface area contributed by atoms with E-state index in [1.165, 1.54) is 0 Å². The largest absolute Gasteiger partial charge is 0.383 e. The fourth-order valence-corrected chi connectivity index (χ4v) is 3.69. The van der Waals surface area contributed by atoms with Crippen LogP contribution in [0.5, 0.6) is 0 Å². The highest BCUT2D eigenvalue weighted by Crippen LogP contribution is 2.25. The van der Waals surface area contributed by atoms with Crippen molar-refractivity contribution >= 4 is 27.8 Å². The number of nitrogens with zero attached hydrogens (tertiary/aromatic N) is 2. The molecule has 0 aliphatic rings. The molecule has 0 fully saturated rings. The molecule has 0 aliphatic carbocycles. The topological polar surface area (TPSA) is 71.9 Å². The molecule has 2 aromatic heterocycles. The number of carbonyl (C=O) groups is 1. The summed E-state index contributed by atoms with van der Waals surface area (Å²) >= 11 is 0. The highest BCUT2D eigenvalue weighted by molar-refractivity contribution is 6.07. The maximum absolute atomic E-state index is 13.3. The quantitative estimate of drug-likeness (QED) is 0.494. The van der Waals surface area contributed by atoms with Crippen LogP contribution < -0.4 is 5.32 Å². The zero-order chi connectivity index (χ0) is 20.4. The molecule has 2 aromatic carbocycles. The van der Waals surface area contributed by atoms with Crippen molar-refractivity contribution in [3.8, 4) is 0 Å². The highest BCUT2D eigenvalue weighted by Gasteiger charge is 2.24. The van der Waals surface area contributed by atoms with E-state index in [1.807, 2.05) is 54.7 Å². The third kappa shape index (κ3) is 3.76. The molecule has 0 unspecified atom stereocenters. The standard InChI is InChI=1S/C23H26N4O2/c1-15(2)21(22-24-18-9-5-6-10-19(18)25-22)26-23(28)17-14-27(12-13-29-3)20-11-7-4-8-16(17)20/h4-11,14-15,21H,12-13H2,1-3H3,(H,24,25)(H,26,28)/t21-/m0/s1. The number of methoxy groups -OCH3 is 1. The summed E-state index contributed by atoms with van der Waals surface area (Å²) in [5.74, 6) is 0.857. The van der Waals surface area contributed by atoms with Crippen molar-refractivity contribution in [3.05, 3.63) is 66.1 Å². The van der Waals surface area contributed by atoms with E-state index in [4.69, 9.17) is 9.72 Å². The van der Waals surface area contributed by atoms with E-state index in [0.717, 1.165) is 27.8 Å². The Morgan fingerprint density at radius 3 is 2.69 bits per heavy atom. The van der Waals surface area contributed by atoms with Crippen molar-refractivity contribution in [3.63, 3.8) is 0 Å². The second-order valence-electron chi connectivity index (χ2n) is 7.58. The summed E-state index contributed by atoms with van der Waals surface area (Å²) in [5, 5.41) is 4.13. The predicted octanol–water partition coefficient (Wildman–Crippen LogP) is 4.29. The Hall–Kier alpha value is -3.12. The SMILES string of the molecule is COCCn1cc(C(=O)N[C@H](c2nc3ccccc3[nH]2)C(C)C)c2ccccc21. The van der Waals surface area contributed by atoms with Crippen LogP contribution in [0.4, 0.5) is 0 Å². The van der Waals surface area contributed by atoms with Gasteiger partial charge in [-0.05, 0) is 24.1 Å². The van der Waals surface area contributed by atoms with Gasteiger partial charge in [0, 0.05) is 30.8 Å². The van der Waals surface area contributed by atoms with Crippen LogP contribution in [0, 0.1) is 5.92 Å². The van der Waals surface area contributed by atoms with Gasteiger partial charge in [0.1, 0.15) is 5.82 Å². The van der Waals surface area contributed by atoms with Crippen LogP contribution in [-0.4, -0.2) is 34.2 Å². The number of hydrogen-bond donors (Lipinski definition) is 2. The molecule has 0 saturated heterocycles. The van der Waals surface area contributed by atoms with Crippen molar-refractivity contribution in [2.24, 2.45) is 5.92 Å². The number of rotatable bonds is 7. The van der Waals surface area contributed by atoms with E-state index in [0.29, 0.717) is 18.7 Å². The minimum absolute atomic E-state index is 0.100. The Bertz CT molecular complexity index is 1110. The molecule has 2 heterocycles. The van der Waals surface area contributed by atoms with E-state index in [9.17, 15) is 4.79 Å². The first-order valence-corrected chi connectivity index (χ1v) is 9.91. The summed E-state index contributed by atoms with van der Waals surface area (Å²) < 4.78 is 7.28. The number of imidazole rings is 1. The predicted molar refractivity (Wildman–Crippen MR) is 115 cm³/mol. The van der Waals surface area contributed by atoms with Gasteiger partial charge in [-0.1, -0.05) is 44.2 Å². The Morgan fingerprint density at radius 1 is 1.17 bits per heavy atom. The van der Waals surface area contributed by atoms with Crippen molar-refractivity contribution in [1.82, 2.24) is 19.9 Å². The summed E-state index contributed by atoms with van der Waals surface area (Å²) in [4.78, 5) is 21.3. The Kier molecular flexibility index (Phi) is 5.36. The highest BCUT2D eigenvalue weighted by atomic mass is 16.5. The molecule has 2 N–H and O–H groups in total. The third-order valence-electron chi connectivity index (χ3n) is 5.23. The summed E-state index contributed by atoms with van der Waals surface area (Å²) in [6.07, 6.45) is 1.91. The zero-order valence-corrected chi connectivity index (χ0v) is 17.0. The molecule has 150 valence electrons. The number of H-pyrrole nitrogens is 1. The fraction of sp³-hybridized carbons (Fsp3) is 0.304. The first kappa shape index (κ1) is 19.2. The van der Waals surface area contributed by atoms with Gasteiger partial charge < -0.3 is 19.6 Å². The Labute approximate surface area is 169 Å². The van der Waals surface area contributed by atoms with E-state index < -0.39 is 0 Å². The van der Waals surface area contributed by atoms with Gasteiger partial charge in [-0.15, -0.1) is 0 Å². The molecule has 0 radical (unpaired) electrons. The average molecular weight is 390 g/mol. The van der Waals surface area contributed by atoms with Crippen LogP contribution in [0.25, 0.3) is 21.9 Å². The molecule has 0 bridgehead atoms. The van der Waals surface area contributed by atoms with Gasteiger partial charge in [-0.25, -0.2) is 4.98 Å². The lowest BCUT2D eigenvalue weighted by atomic mass is 10.0. The summed E-state index contributed by atoms with van der Waals surface area (Å²) in [5.41, 5.74) is 3.56. The molecular weight excluding hydrogens is 364 g/mol. The lowest BCUT2D eigenvalue weighted by molar-refractivity contribution is 0.0924. The molecule has 29 heavy (non-hydrogen) atoms. The number of nitrogens with one attached hydrogen (secondary N) is 2. The molecule has 4 aromatic rings. The van der Waals surface area contributed by atoms with E-state index in [2.05, 4.69) is 28.7 Å². The van der Waals surface area contributed by atoms with Crippen molar-refractivity contribution in [2.45, 2.75) is 26.4 Å². The molecule has 4 rings (SSSR count). The van der Waals surface area contributed by atoms with Gasteiger partial charge in [-0.2, -0.15) is 0 Å². The second-order valence-corrected chi connectivity index (χ2v) is 7.58. The average Bonchev–Trinajstić information content (AvgIpc) is 3.31. The smallest absolute Gasteiger partial charge is 0.254 e. The number of aromatic nitrogens is 3. The maximum Gasteiger partial charge on any atom is 0.254 e. The van der Waals surface area contributed by atoms with Crippen LogP contribution in [-0.2, 0) is 11.3 Å². The molecule has 0 saturated carbocycles. The monoisotopic (exact) mass is 390 g/mol. The van der Waals surface area contributed by atoms with E-state index in [1.54, 1.807) is 7.11 Å². The summed E-state index contributed by atoms with van der Waals surface area (Å²) in [7, 11) is 1.68. The van der Waals surface area contributed by atoms with Crippen molar-refractivity contribution in [2.75, 3.05) is 13.7 Å². The Balaban J connectivity index is 1.66. The van der Waals surface area contributed by atoms with Crippen LogP contribution in [0.1, 0.15) is 36.1 Å². The number of carbonyl (C=O) groups excluding carboxylic acids is 1. The number of benzene rings is 2. The number of aromatic amines is 1. The molecular formula is C23H26N4O2. The molecule has 1 atom stereocenters. The first-order valence-electron chi connectivity index (χ1n) is 9.91. The minimum atomic E-state index is -0.212. The van der Waals surface area contributed by atoms with Gasteiger partial charge in [0.2, 0.25) is 0 Å². The van der Waals surface area contributed by atoms with Gasteiger partial charge in [0.05, 0.1) is 29.2 Å². The minimum Gasteiger partial charge on any atom is -0.383 e. The van der Waals surface area contributed by atoms with Gasteiger partial charge in [-0.3, -0.25) is 4.79 Å². The first-order chi connectivity index (χ1) is 14.1.